The molecule has 0 spiro atoms. The van der Waals surface area contributed by atoms with Crippen LogP contribution in [0.2, 0.25) is 10.0 Å². The van der Waals surface area contributed by atoms with Gasteiger partial charge < -0.3 is 10.6 Å². The second-order valence-corrected chi connectivity index (χ2v) is 5.98. The normalized spacial score (nSPS) is 12.9. The Morgan fingerprint density at radius 2 is 2.00 bits per heavy atom. The smallest absolute Gasteiger partial charge is 0.242 e. The molecule has 106 valence electrons. The number of hydrogen-bond donors (Lipinski definition) is 2. The van der Waals surface area contributed by atoms with E-state index in [4.69, 9.17) is 23.2 Å². The molecule has 19 heavy (non-hydrogen) atoms. The Morgan fingerprint density at radius 1 is 1.37 bits per heavy atom. The van der Waals surface area contributed by atoms with Crippen LogP contribution in [0.5, 0.6) is 0 Å². The number of amides is 1. The zero-order valence-corrected chi connectivity index (χ0v) is 13.2. The molecule has 1 unspecified atom stereocenters. The van der Waals surface area contributed by atoms with Crippen molar-refractivity contribution in [3.05, 3.63) is 28.2 Å². The first-order valence-electron chi connectivity index (χ1n) is 6.29. The maximum atomic E-state index is 12.1. The number of halogens is 2. The van der Waals surface area contributed by atoms with E-state index in [9.17, 15) is 4.79 Å². The number of hydrogen-bond acceptors (Lipinski definition) is 2. The third-order valence-electron chi connectivity index (χ3n) is 3.06. The first kappa shape index (κ1) is 16.1. The van der Waals surface area contributed by atoms with E-state index < -0.39 is 0 Å². The van der Waals surface area contributed by atoms with Crippen molar-refractivity contribution in [2.24, 2.45) is 0 Å². The first-order valence-corrected chi connectivity index (χ1v) is 7.05. The number of nitrogens with one attached hydrogen (secondary N) is 2. The molecule has 0 saturated carbocycles. The van der Waals surface area contributed by atoms with Gasteiger partial charge in [-0.3, -0.25) is 4.79 Å². The van der Waals surface area contributed by atoms with Gasteiger partial charge in [0, 0.05) is 5.54 Å². The van der Waals surface area contributed by atoms with Gasteiger partial charge >= 0.3 is 0 Å². The minimum absolute atomic E-state index is 0.0668. The average molecular weight is 303 g/mol. The predicted molar refractivity (Wildman–Crippen MR) is 82.1 cm³/mol. The topological polar surface area (TPSA) is 41.1 Å². The molecule has 1 aromatic carbocycles. The maximum Gasteiger partial charge on any atom is 0.242 e. The lowest BCUT2D eigenvalue weighted by molar-refractivity contribution is -0.123. The van der Waals surface area contributed by atoms with Crippen LogP contribution in [0.25, 0.3) is 0 Å². The Morgan fingerprint density at radius 3 is 2.58 bits per heavy atom. The molecule has 0 saturated heterocycles. The lowest BCUT2D eigenvalue weighted by Gasteiger charge is -2.27. The minimum Gasteiger partial charge on any atom is -0.373 e. The summed E-state index contributed by atoms with van der Waals surface area (Å²) < 4.78 is 0. The molecule has 1 amide bonds. The zero-order valence-electron chi connectivity index (χ0n) is 11.7. The predicted octanol–water partition coefficient (Wildman–Crippen LogP) is 4.10. The van der Waals surface area contributed by atoms with Gasteiger partial charge in [0.25, 0.3) is 0 Å². The van der Waals surface area contributed by atoms with Crippen LogP contribution < -0.4 is 10.6 Å². The van der Waals surface area contributed by atoms with Crippen molar-refractivity contribution in [1.82, 2.24) is 5.32 Å². The van der Waals surface area contributed by atoms with Gasteiger partial charge in [0.1, 0.15) is 6.04 Å². The van der Waals surface area contributed by atoms with Gasteiger partial charge in [-0.05, 0) is 39.3 Å². The first-order chi connectivity index (χ1) is 8.76. The lowest BCUT2D eigenvalue weighted by Crippen LogP contribution is -2.48. The number of carbonyl (C=O) groups excluding carboxylic acids is 1. The minimum atomic E-state index is -0.387. The van der Waals surface area contributed by atoms with Gasteiger partial charge in [-0.2, -0.15) is 0 Å². The molecule has 1 aromatic rings. The van der Waals surface area contributed by atoms with Crippen LogP contribution in [0, 0.1) is 0 Å². The summed E-state index contributed by atoms with van der Waals surface area (Å²) >= 11 is 12.0. The standard InChI is InChI=1S/C14H20Cl2N2O/c1-5-14(3,4)18-13(19)9(2)17-11-8-6-7-10(15)12(11)16/h6-9,17H,5H2,1-4H3,(H,18,19). The van der Waals surface area contributed by atoms with Crippen molar-refractivity contribution in [3.63, 3.8) is 0 Å². The van der Waals surface area contributed by atoms with E-state index in [-0.39, 0.29) is 17.5 Å². The number of carbonyl (C=O) groups is 1. The lowest BCUT2D eigenvalue weighted by atomic mass is 10.0. The summed E-state index contributed by atoms with van der Waals surface area (Å²) in [5.41, 5.74) is 0.441. The van der Waals surface area contributed by atoms with Gasteiger partial charge in [-0.25, -0.2) is 0 Å². The quantitative estimate of drug-likeness (QED) is 0.860. The number of anilines is 1. The highest BCUT2D eigenvalue weighted by Gasteiger charge is 2.22. The Kier molecular flexibility index (Phi) is 5.50. The SMILES string of the molecule is CCC(C)(C)NC(=O)C(C)Nc1cccc(Cl)c1Cl. The molecule has 3 nitrogen and oxygen atoms in total. The summed E-state index contributed by atoms with van der Waals surface area (Å²) in [6.07, 6.45) is 0.864. The molecule has 0 radical (unpaired) electrons. The second-order valence-electron chi connectivity index (χ2n) is 5.19. The van der Waals surface area contributed by atoms with Crippen molar-refractivity contribution in [2.75, 3.05) is 5.32 Å². The fourth-order valence-corrected chi connectivity index (χ4v) is 1.80. The molecule has 1 atom stereocenters. The summed E-state index contributed by atoms with van der Waals surface area (Å²) in [7, 11) is 0. The Bertz CT molecular complexity index is 461. The molecular weight excluding hydrogens is 283 g/mol. The van der Waals surface area contributed by atoms with Crippen molar-refractivity contribution in [2.45, 2.75) is 45.7 Å². The molecule has 0 aliphatic rings. The van der Waals surface area contributed by atoms with Gasteiger partial charge in [0.05, 0.1) is 15.7 Å². The van der Waals surface area contributed by atoms with E-state index in [0.717, 1.165) is 6.42 Å². The number of rotatable bonds is 5. The summed E-state index contributed by atoms with van der Waals surface area (Å²) in [4.78, 5) is 12.1. The van der Waals surface area contributed by atoms with E-state index in [1.54, 1.807) is 25.1 Å². The number of benzene rings is 1. The Balaban J connectivity index is 2.72. The van der Waals surface area contributed by atoms with Gasteiger partial charge in [-0.15, -0.1) is 0 Å². The van der Waals surface area contributed by atoms with Gasteiger partial charge in [0.15, 0.2) is 0 Å². The second kappa shape index (κ2) is 6.49. The maximum absolute atomic E-state index is 12.1. The zero-order chi connectivity index (χ0) is 14.6. The molecule has 0 heterocycles. The Labute approximate surface area is 124 Å². The Hall–Kier alpha value is -0.930. The van der Waals surface area contributed by atoms with Crippen LogP contribution in [0.3, 0.4) is 0 Å². The van der Waals surface area contributed by atoms with Crippen LogP contribution in [0.15, 0.2) is 18.2 Å². The van der Waals surface area contributed by atoms with E-state index in [2.05, 4.69) is 10.6 Å². The molecule has 0 bridgehead atoms. The van der Waals surface area contributed by atoms with Gasteiger partial charge in [-0.1, -0.05) is 36.2 Å². The van der Waals surface area contributed by atoms with Crippen molar-refractivity contribution in [1.29, 1.82) is 0 Å². The average Bonchev–Trinajstić information content (AvgIpc) is 2.34. The summed E-state index contributed by atoms with van der Waals surface area (Å²) in [6.45, 7) is 7.80. The monoisotopic (exact) mass is 302 g/mol. The molecule has 2 N–H and O–H groups in total. The molecule has 1 rings (SSSR count). The van der Waals surface area contributed by atoms with Crippen LogP contribution in [-0.2, 0) is 4.79 Å². The van der Waals surface area contributed by atoms with Crippen molar-refractivity contribution < 1.29 is 4.79 Å². The summed E-state index contributed by atoms with van der Waals surface area (Å²) in [6, 6.07) is 4.90. The van der Waals surface area contributed by atoms with E-state index in [1.807, 2.05) is 20.8 Å². The summed E-state index contributed by atoms with van der Waals surface area (Å²) in [5.74, 6) is -0.0668. The molecule has 0 fully saturated rings. The van der Waals surface area contributed by atoms with Crippen molar-refractivity contribution >= 4 is 34.8 Å². The highest BCUT2D eigenvalue weighted by molar-refractivity contribution is 6.43. The van der Waals surface area contributed by atoms with E-state index in [0.29, 0.717) is 15.7 Å². The molecule has 5 heteroatoms. The fourth-order valence-electron chi connectivity index (χ4n) is 1.44. The van der Waals surface area contributed by atoms with E-state index in [1.165, 1.54) is 0 Å². The van der Waals surface area contributed by atoms with Crippen LogP contribution in [-0.4, -0.2) is 17.5 Å². The highest BCUT2D eigenvalue weighted by Crippen LogP contribution is 2.29. The molecule has 0 aromatic heterocycles. The van der Waals surface area contributed by atoms with E-state index >= 15 is 0 Å². The third kappa shape index (κ3) is 4.59. The van der Waals surface area contributed by atoms with Crippen LogP contribution in [0.4, 0.5) is 5.69 Å². The molecular formula is C14H20Cl2N2O. The third-order valence-corrected chi connectivity index (χ3v) is 3.88. The highest BCUT2D eigenvalue weighted by atomic mass is 35.5. The summed E-state index contributed by atoms with van der Waals surface area (Å²) in [5, 5.41) is 6.95. The fraction of sp³-hybridized carbons (Fsp3) is 0.500. The molecule has 0 aliphatic carbocycles. The van der Waals surface area contributed by atoms with Gasteiger partial charge in [0.2, 0.25) is 5.91 Å². The van der Waals surface area contributed by atoms with Crippen LogP contribution >= 0.6 is 23.2 Å². The van der Waals surface area contributed by atoms with Crippen LogP contribution in [0.1, 0.15) is 34.1 Å². The molecule has 0 aliphatic heterocycles. The van der Waals surface area contributed by atoms with Crippen molar-refractivity contribution in [3.8, 4) is 0 Å². The largest absolute Gasteiger partial charge is 0.373 e.